The molecule has 11 heavy (non-hydrogen) atoms. The minimum Gasteiger partial charge on any atom is -0.326 e. The molecule has 0 radical (unpaired) electrons. The predicted molar refractivity (Wildman–Crippen MR) is 45.2 cm³/mol. The van der Waals surface area contributed by atoms with E-state index in [0.29, 0.717) is 13.0 Å². The Labute approximate surface area is 67.5 Å². The molecule has 0 spiro atoms. The first-order chi connectivity index (χ1) is 5.05. The van der Waals surface area contributed by atoms with Crippen LogP contribution >= 0.6 is 0 Å². The standard InChI is InChI=1S/C9H15NO/c1-9(2)4-3-8(11)7(5-9)6-10/h5H,3-4,6,10H2,1-2H3. The number of nitrogens with two attached hydrogens (primary N) is 1. The topological polar surface area (TPSA) is 43.1 Å². The first-order valence-corrected chi connectivity index (χ1v) is 4.00. The van der Waals surface area contributed by atoms with E-state index in [1.165, 1.54) is 0 Å². The maximum atomic E-state index is 11.2. The molecule has 1 aliphatic carbocycles. The highest BCUT2D eigenvalue weighted by Gasteiger charge is 2.24. The molecule has 0 atom stereocenters. The molecule has 1 aliphatic rings. The Morgan fingerprint density at radius 3 is 2.73 bits per heavy atom. The molecule has 0 unspecified atom stereocenters. The van der Waals surface area contributed by atoms with Gasteiger partial charge in [-0.15, -0.1) is 0 Å². The van der Waals surface area contributed by atoms with Crippen LogP contribution in [0.15, 0.2) is 11.6 Å². The van der Waals surface area contributed by atoms with Crippen LogP contribution in [0.25, 0.3) is 0 Å². The van der Waals surface area contributed by atoms with Crippen molar-refractivity contribution in [1.29, 1.82) is 0 Å². The largest absolute Gasteiger partial charge is 0.326 e. The van der Waals surface area contributed by atoms with Crippen LogP contribution in [0, 0.1) is 5.41 Å². The fourth-order valence-electron chi connectivity index (χ4n) is 1.39. The van der Waals surface area contributed by atoms with Gasteiger partial charge in [0.15, 0.2) is 5.78 Å². The van der Waals surface area contributed by atoms with E-state index in [1.54, 1.807) is 0 Å². The van der Waals surface area contributed by atoms with Crippen molar-refractivity contribution in [3.8, 4) is 0 Å². The minimum absolute atomic E-state index is 0.169. The van der Waals surface area contributed by atoms with Crippen molar-refractivity contribution in [3.05, 3.63) is 11.6 Å². The highest BCUT2D eigenvalue weighted by Crippen LogP contribution is 2.30. The zero-order chi connectivity index (χ0) is 8.48. The SMILES string of the molecule is CC1(C)C=C(CN)C(=O)CC1. The summed E-state index contributed by atoms with van der Waals surface area (Å²) in [5.41, 5.74) is 6.40. The third-order valence-corrected chi connectivity index (χ3v) is 2.14. The molecular formula is C9H15NO. The van der Waals surface area contributed by atoms with Gasteiger partial charge < -0.3 is 5.73 Å². The number of rotatable bonds is 1. The summed E-state index contributed by atoms with van der Waals surface area (Å²) in [5.74, 6) is 0.229. The molecule has 0 saturated carbocycles. The van der Waals surface area contributed by atoms with Gasteiger partial charge in [0.1, 0.15) is 0 Å². The monoisotopic (exact) mass is 153 g/mol. The van der Waals surface area contributed by atoms with Crippen LogP contribution in [-0.4, -0.2) is 12.3 Å². The number of hydrogen-bond acceptors (Lipinski definition) is 2. The first kappa shape index (κ1) is 8.47. The van der Waals surface area contributed by atoms with Crippen molar-refractivity contribution in [2.45, 2.75) is 26.7 Å². The highest BCUT2D eigenvalue weighted by molar-refractivity contribution is 5.96. The van der Waals surface area contributed by atoms with Gasteiger partial charge >= 0.3 is 0 Å². The third-order valence-electron chi connectivity index (χ3n) is 2.14. The maximum Gasteiger partial charge on any atom is 0.159 e. The summed E-state index contributed by atoms with van der Waals surface area (Å²) in [4.78, 5) is 11.2. The van der Waals surface area contributed by atoms with E-state index in [-0.39, 0.29) is 11.2 Å². The molecule has 0 heterocycles. The number of hydrogen-bond donors (Lipinski definition) is 1. The number of carbonyl (C=O) groups excluding carboxylic acids is 1. The van der Waals surface area contributed by atoms with Crippen LogP contribution in [0.5, 0.6) is 0 Å². The molecular weight excluding hydrogens is 138 g/mol. The molecule has 0 aromatic carbocycles. The van der Waals surface area contributed by atoms with E-state index >= 15 is 0 Å². The second-order valence-corrected chi connectivity index (χ2v) is 3.79. The second kappa shape index (κ2) is 2.78. The summed E-state index contributed by atoms with van der Waals surface area (Å²) < 4.78 is 0. The summed E-state index contributed by atoms with van der Waals surface area (Å²) in [6, 6.07) is 0. The molecule has 0 bridgehead atoms. The lowest BCUT2D eigenvalue weighted by atomic mass is 9.79. The van der Waals surface area contributed by atoms with Gasteiger partial charge in [0.25, 0.3) is 0 Å². The third kappa shape index (κ3) is 1.90. The van der Waals surface area contributed by atoms with Crippen LogP contribution < -0.4 is 5.73 Å². The van der Waals surface area contributed by atoms with Crippen molar-refractivity contribution >= 4 is 5.78 Å². The maximum absolute atomic E-state index is 11.2. The molecule has 0 fully saturated rings. The van der Waals surface area contributed by atoms with Crippen LogP contribution in [0.1, 0.15) is 26.7 Å². The molecule has 0 aliphatic heterocycles. The molecule has 0 amide bonds. The van der Waals surface area contributed by atoms with Crippen molar-refractivity contribution in [2.75, 3.05) is 6.54 Å². The van der Waals surface area contributed by atoms with Crippen molar-refractivity contribution < 1.29 is 4.79 Å². The van der Waals surface area contributed by atoms with E-state index in [0.717, 1.165) is 12.0 Å². The van der Waals surface area contributed by atoms with Gasteiger partial charge in [-0.2, -0.15) is 0 Å². The van der Waals surface area contributed by atoms with E-state index in [2.05, 4.69) is 13.8 Å². The Morgan fingerprint density at radius 1 is 1.64 bits per heavy atom. The van der Waals surface area contributed by atoms with E-state index in [1.807, 2.05) is 6.08 Å². The fourth-order valence-corrected chi connectivity index (χ4v) is 1.39. The summed E-state index contributed by atoms with van der Waals surface area (Å²) in [6.07, 6.45) is 3.63. The molecule has 0 saturated heterocycles. The van der Waals surface area contributed by atoms with Gasteiger partial charge in [0.05, 0.1) is 0 Å². The smallest absolute Gasteiger partial charge is 0.159 e. The Hall–Kier alpha value is -0.630. The first-order valence-electron chi connectivity index (χ1n) is 4.00. The van der Waals surface area contributed by atoms with Gasteiger partial charge in [-0.1, -0.05) is 19.9 Å². The van der Waals surface area contributed by atoms with Crippen LogP contribution in [0.4, 0.5) is 0 Å². The summed E-state index contributed by atoms with van der Waals surface area (Å²) >= 11 is 0. The average Bonchev–Trinajstić information content (AvgIpc) is 1.94. The minimum atomic E-state index is 0.169. The number of allylic oxidation sites excluding steroid dienone is 1. The number of carbonyl (C=O) groups is 1. The molecule has 2 heteroatoms. The Bertz CT molecular complexity index is 204. The number of Topliss-reactive ketones (excluding diaryl/α,β-unsaturated/α-hetero) is 1. The van der Waals surface area contributed by atoms with Crippen molar-refractivity contribution in [3.63, 3.8) is 0 Å². The normalized spacial score (nSPS) is 23.2. The molecule has 0 aromatic rings. The van der Waals surface area contributed by atoms with Gasteiger partial charge in [0, 0.05) is 18.5 Å². The van der Waals surface area contributed by atoms with E-state index in [9.17, 15) is 4.79 Å². The molecule has 62 valence electrons. The molecule has 2 N–H and O–H groups in total. The predicted octanol–water partition coefficient (Wildman–Crippen LogP) is 1.26. The van der Waals surface area contributed by atoms with Gasteiger partial charge in [-0.3, -0.25) is 4.79 Å². The van der Waals surface area contributed by atoms with E-state index < -0.39 is 0 Å². The van der Waals surface area contributed by atoms with Gasteiger partial charge in [-0.25, -0.2) is 0 Å². The average molecular weight is 153 g/mol. The van der Waals surface area contributed by atoms with Crippen molar-refractivity contribution in [1.82, 2.24) is 0 Å². The van der Waals surface area contributed by atoms with Gasteiger partial charge in [-0.05, 0) is 11.8 Å². The Kier molecular flexibility index (Phi) is 2.14. The summed E-state index contributed by atoms with van der Waals surface area (Å²) in [7, 11) is 0. The second-order valence-electron chi connectivity index (χ2n) is 3.79. The lowest BCUT2D eigenvalue weighted by Crippen LogP contribution is -2.23. The quantitative estimate of drug-likeness (QED) is 0.616. The molecule has 2 nitrogen and oxygen atoms in total. The van der Waals surface area contributed by atoms with E-state index in [4.69, 9.17) is 5.73 Å². The Balaban J connectivity index is 2.86. The zero-order valence-corrected chi connectivity index (χ0v) is 7.18. The lowest BCUT2D eigenvalue weighted by Gasteiger charge is -2.25. The summed E-state index contributed by atoms with van der Waals surface area (Å²) in [5, 5.41) is 0. The highest BCUT2D eigenvalue weighted by atomic mass is 16.1. The van der Waals surface area contributed by atoms with Gasteiger partial charge in [0.2, 0.25) is 0 Å². The molecule has 1 rings (SSSR count). The fraction of sp³-hybridized carbons (Fsp3) is 0.667. The summed E-state index contributed by atoms with van der Waals surface area (Å²) in [6.45, 7) is 4.66. The van der Waals surface area contributed by atoms with Crippen LogP contribution in [0.2, 0.25) is 0 Å². The Morgan fingerprint density at radius 2 is 2.27 bits per heavy atom. The molecule has 0 aromatic heterocycles. The van der Waals surface area contributed by atoms with Crippen molar-refractivity contribution in [2.24, 2.45) is 11.1 Å². The van der Waals surface area contributed by atoms with Crippen LogP contribution in [0.3, 0.4) is 0 Å². The number of ketones is 1. The zero-order valence-electron chi connectivity index (χ0n) is 7.18. The van der Waals surface area contributed by atoms with Crippen LogP contribution in [-0.2, 0) is 4.79 Å². The lowest BCUT2D eigenvalue weighted by molar-refractivity contribution is -0.116.